The van der Waals surface area contributed by atoms with Gasteiger partial charge in [-0.25, -0.2) is 0 Å². The van der Waals surface area contributed by atoms with E-state index in [1.807, 2.05) is 11.3 Å². The van der Waals surface area contributed by atoms with Gasteiger partial charge in [-0.05, 0) is 147 Å². The van der Waals surface area contributed by atoms with Crippen LogP contribution in [0.25, 0.3) is 130 Å². The topological polar surface area (TPSA) is 0 Å². The predicted octanol–water partition coefficient (Wildman–Crippen LogP) is 17.5. The van der Waals surface area contributed by atoms with E-state index in [1.54, 1.807) is 0 Å². The maximum Gasteiger partial charge on any atom is 0.0433 e. The van der Waals surface area contributed by atoms with Crippen molar-refractivity contribution in [3.8, 4) is 77.9 Å². The summed E-state index contributed by atoms with van der Waals surface area (Å²) in [6.45, 7) is 0. The predicted molar refractivity (Wildman–Crippen MR) is 263 cm³/mol. The molecule has 0 nitrogen and oxygen atoms in total. The molecule has 0 fully saturated rings. The minimum absolute atomic E-state index is 1.20. The van der Waals surface area contributed by atoms with Gasteiger partial charge in [0.1, 0.15) is 0 Å². The Morgan fingerprint density at radius 3 is 1.18 bits per heavy atom. The van der Waals surface area contributed by atoms with Crippen LogP contribution in [0.4, 0.5) is 0 Å². The average molecular weight is 789 g/mol. The largest absolute Gasteiger partial charge is 0.135 e. The number of benzene rings is 11. The maximum atomic E-state index is 2.45. The number of rotatable bonds is 3. The zero-order chi connectivity index (χ0) is 40.0. The molecule has 0 aliphatic heterocycles. The normalized spacial score (nSPS) is 11.9. The SMILES string of the molecule is c1ccc2c(c1)-c1ccccc1-c1ccc(-c3cc(-c4ccc5c6ccccc6c6ccccc6c5c4)cc(-c4cccc5c4sc4ccccc45)c3)cc1-c1ccccc1-2. The number of hydrogen-bond donors (Lipinski definition) is 0. The van der Waals surface area contributed by atoms with Gasteiger partial charge in [-0.15, -0.1) is 11.3 Å². The lowest BCUT2D eigenvalue weighted by atomic mass is 9.80. The molecule has 0 N–H and O–H groups in total. The smallest absolute Gasteiger partial charge is 0.0433 e. The Bertz CT molecular complexity index is 3730. The highest BCUT2D eigenvalue weighted by atomic mass is 32.1. The first-order chi connectivity index (χ1) is 30.2. The molecule has 0 saturated carbocycles. The van der Waals surface area contributed by atoms with Crippen LogP contribution < -0.4 is 0 Å². The van der Waals surface area contributed by atoms with E-state index >= 15 is 0 Å². The molecule has 0 bridgehead atoms. The fourth-order valence-corrected chi connectivity index (χ4v) is 11.5. The van der Waals surface area contributed by atoms with Crippen LogP contribution in [0.15, 0.2) is 218 Å². The zero-order valence-corrected chi connectivity index (χ0v) is 34.0. The fraction of sp³-hybridized carbons (Fsp3) is 0. The molecule has 282 valence electrons. The molecule has 12 aromatic rings. The zero-order valence-electron chi connectivity index (χ0n) is 33.2. The second-order valence-corrected chi connectivity index (χ2v) is 17.4. The Morgan fingerprint density at radius 2 is 0.590 bits per heavy atom. The standard InChI is InChI=1S/C60H36S/c1-2-15-44-43(14-1)45-16-3-5-20-49(45)53-30-28-37(35-57(53)51-22-9-7-18-47(44)51)39-32-40(34-41(33-39)42-25-13-26-56-55-24-11-12-27-59(55)61-60(42)56)38-29-31-54-50-21-6-4-17-46(50)48-19-8-10-23-52(48)58(54)36-38/h1-36H. The summed E-state index contributed by atoms with van der Waals surface area (Å²) in [5, 5.41) is 10.4. The van der Waals surface area contributed by atoms with Crippen molar-refractivity contribution in [3.05, 3.63) is 218 Å². The first-order valence-corrected chi connectivity index (χ1v) is 21.9. The lowest BCUT2D eigenvalue weighted by molar-refractivity contribution is 1.51. The van der Waals surface area contributed by atoms with Gasteiger partial charge in [0.05, 0.1) is 0 Å². The van der Waals surface area contributed by atoms with Crippen LogP contribution in [0.1, 0.15) is 0 Å². The molecular formula is C60H36S. The quantitative estimate of drug-likeness (QED) is 0.156. The summed E-state index contributed by atoms with van der Waals surface area (Å²) in [4.78, 5) is 0. The van der Waals surface area contributed by atoms with Crippen LogP contribution in [0.2, 0.25) is 0 Å². The highest BCUT2D eigenvalue weighted by Gasteiger charge is 2.23. The van der Waals surface area contributed by atoms with Crippen LogP contribution in [0, 0.1) is 0 Å². The van der Waals surface area contributed by atoms with Gasteiger partial charge < -0.3 is 0 Å². The van der Waals surface area contributed by atoms with Crippen molar-refractivity contribution < 1.29 is 0 Å². The first-order valence-electron chi connectivity index (χ1n) is 21.1. The van der Waals surface area contributed by atoms with Crippen molar-refractivity contribution in [2.75, 3.05) is 0 Å². The third kappa shape index (κ3) is 5.31. The van der Waals surface area contributed by atoms with Crippen molar-refractivity contribution in [1.82, 2.24) is 0 Å². The highest BCUT2D eigenvalue weighted by Crippen LogP contribution is 2.49. The molecule has 0 saturated heterocycles. The summed E-state index contributed by atoms with van der Waals surface area (Å²) in [5.41, 5.74) is 17.4. The van der Waals surface area contributed by atoms with Crippen LogP contribution in [-0.2, 0) is 0 Å². The molecule has 11 aromatic carbocycles. The molecule has 1 heteroatoms. The molecule has 0 unspecified atom stereocenters. The molecule has 0 atom stereocenters. The van der Waals surface area contributed by atoms with Crippen LogP contribution in [0.5, 0.6) is 0 Å². The van der Waals surface area contributed by atoms with E-state index in [9.17, 15) is 0 Å². The molecule has 13 rings (SSSR count). The molecular weight excluding hydrogens is 753 g/mol. The molecule has 0 spiro atoms. The monoisotopic (exact) mass is 788 g/mol. The van der Waals surface area contributed by atoms with Crippen molar-refractivity contribution in [2.24, 2.45) is 0 Å². The molecule has 1 aliphatic rings. The van der Waals surface area contributed by atoms with Crippen molar-refractivity contribution >= 4 is 63.8 Å². The van der Waals surface area contributed by atoms with E-state index in [0.717, 1.165) is 0 Å². The van der Waals surface area contributed by atoms with E-state index in [-0.39, 0.29) is 0 Å². The molecule has 1 heterocycles. The van der Waals surface area contributed by atoms with E-state index < -0.39 is 0 Å². The van der Waals surface area contributed by atoms with E-state index in [1.165, 1.54) is 130 Å². The lowest BCUT2D eigenvalue weighted by Gasteiger charge is -2.23. The molecule has 61 heavy (non-hydrogen) atoms. The van der Waals surface area contributed by atoms with Gasteiger partial charge in [0.15, 0.2) is 0 Å². The van der Waals surface area contributed by atoms with Gasteiger partial charge in [-0.1, -0.05) is 182 Å². The molecule has 0 amide bonds. The van der Waals surface area contributed by atoms with Crippen molar-refractivity contribution in [2.45, 2.75) is 0 Å². The van der Waals surface area contributed by atoms with Gasteiger partial charge in [0.25, 0.3) is 0 Å². The summed E-state index contributed by atoms with van der Waals surface area (Å²) >= 11 is 1.89. The highest BCUT2D eigenvalue weighted by molar-refractivity contribution is 7.26. The first kappa shape index (κ1) is 34.3. The van der Waals surface area contributed by atoms with Crippen LogP contribution in [-0.4, -0.2) is 0 Å². The van der Waals surface area contributed by atoms with Crippen molar-refractivity contribution in [3.63, 3.8) is 0 Å². The molecule has 1 aromatic heterocycles. The van der Waals surface area contributed by atoms with E-state index in [4.69, 9.17) is 0 Å². The Hall–Kier alpha value is -7.58. The van der Waals surface area contributed by atoms with Gasteiger partial charge in [0.2, 0.25) is 0 Å². The van der Waals surface area contributed by atoms with Crippen molar-refractivity contribution in [1.29, 1.82) is 0 Å². The van der Waals surface area contributed by atoms with Gasteiger partial charge in [-0.3, -0.25) is 0 Å². The van der Waals surface area contributed by atoms with Gasteiger partial charge in [-0.2, -0.15) is 0 Å². The fourth-order valence-electron chi connectivity index (χ4n) is 10.2. The number of fused-ring (bicyclic) bond motifs is 17. The number of hydrogen-bond acceptors (Lipinski definition) is 1. The van der Waals surface area contributed by atoms with Crippen LogP contribution in [0.3, 0.4) is 0 Å². The third-order valence-corrected chi connectivity index (χ3v) is 14.2. The lowest BCUT2D eigenvalue weighted by Crippen LogP contribution is -1.97. The van der Waals surface area contributed by atoms with Gasteiger partial charge in [0, 0.05) is 20.2 Å². The second-order valence-electron chi connectivity index (χ2n) is 16.3. The second kappa shape index (κ2) is 13.5. The molecule has 1 aliphatic carbocycles. The minimum Gasteiger partial charge on any atom is -0.135 e. The average Bonchev–Trinajstić information content (AvgIpc) is 3.72. The summed E-state index contributed by atoms with van der Waals surface area (Å²) in [5.74, 6) is 0. The maximum absolute atomic E-state index is 2.45. The Kier molecular flexibility index (Phi) is 7.58. The van der Waals surface area contributed by atoms with E-state index in [2.05, 4.69) is 218 Å². The summed E-state index contributed by atoms with van der Waals surface area (Å²) in [7, 11) is 0. The van der Waals surface area contributed by atoms with E-state index in [0.29, 0.717) is 0 Å². The van der Waals surface area contributed by atoms with Crippen LogP contribution >= 0.6 is 11.3 Å². The van der Waals surface area contributed by atoms with Gasteiger partial charge >= 0.3 is 0 Å². The summed E-state index contributed by atoms with van der Waals surface area (Å²) < 4.78 is 2.64. The third-order valence-electron chi connectivity index (χ3n) is 13.0. The Morgan fingerprint density at radius 1 is 0.197 bits per heavy atom. The summed E-state index contributed by atoms with van der Waals surface area (Å²) in [6.07, 6.45) is 0. The molecule has 0 radical (unpaired) electrons. The Labute approximate surface area is 358 Å². The summed E-state index contributed by atoms with van der Waals surface area (Å²) in [6, 6.07) is 81.6. The minimum atomic E-state index is 1.20. The number of thiophene rings is 1. The Balaban J connectivity index is 1.08.